The first kappa shape index (κ1) is 22.4. The first-order valence-corrected chi connectivity index (χ1v) is 10.1. The number of benzene rings is 1. The Morgan fingerprint density at radius 2 is 1.77 bits per heavy atom. The van der Waals surface area contributed by atoms with Crippen molar-refractivity contribution in [3.8, 4) is 11.5 Å². The van der Waals surface area contributed by atoms with E-state index in [1.807, 2.05) is 13.8 Å². The Bertz CT molecular complexity index is 1160. The maximum atomic E-state index is 12.8. The molecule has 0 spiro atoms. The summed E-state index contributed by atoms with van der Waals surface area (Å²) in [5.74, 6) is 1.72. The van der Waals surface area contributed by atoms with Gasteiger partial charge in [0, 0.05) is 20.1 Å². The second kappa shape index (κ2) is 9.25. The first-order chi connectivity index (χ1) is 14.8. The summed E-state index contributed by atoms with van der Waals surface area (Å²) >= 11 is 0. The van der Waals surface area contributed by atoms with Gasteiger partial charge < -0.3 is 24.5 Å². The summed E-state index contributed by atoms with van der Waals surface area (Å²) < 4.78 is 14.8. The third-order valence-corrected chi connectivity index (χ3v) is 5.23. The van der Waals surface area contributed by atoms with Crippen molar-refractivity contribution in [1.82, 2.24) is 18.7 Å². The lowest BCUT2D eigenvalue weighted by Crippen LogP contribution is -2.38. The van der Waals surface area contributed by atoms with E-state index in [-0.39, 0.29) is 30.4 Å². The maximum Gasteiger partial charge on any atom is 0.332 e. The number of aromatic nitrogens is 4. The van der Waals surface area contributed by atoms with Crippen LogP contribution in [0.4, 0.5) is 5.95 Å². The molecule has 10 heteroatoms. The molecule has 0 amide bonds. The number of rotatable bonds is 9. The molecule has 31 heavy (non-hydrogen) atoms. The fourth-order valence-electron chi connectivity index (χ4n) is 3.18. The maximum absolute atomic E-state index is 12.8. The highest BCUT2D eigenvalue weighted by atomic mass is 16.5. The van der Waals surface area contributed by atoms with E-state index in [0.29, 0.717) is 17.4 Å². The number of nitrogens with zero attached hydrogens (tertiary/aromatic N) is 4. The zero-order valence-electron chi connectivity index (χ0n) is 18.5. The molecule has 0 fully saturated rings. The fraction of sp³-hybridized carbons (Fsp3) is 0.476. The lowest BCUT2D eigenvalue weighted by atomic mass is 10.3. The van der Waals surface area contributed by atoms with Crippen LogP contribution < -0.4 is 26.0 Å². The molecule has 10 nitrogen and oxygen atoms in total. The van der Waals surface area contributed by atoms with E-state index in [0.717, 1.165) is 11.0 Å². The molecule has 2 aromatic heterocycles. The van der Waals surface area contributed by atoms with Crippen LogP contribution >= 0.6 is 0 Å². The summed E-state index contributed by atoms with van der Waals surface area (Å²) in [6, 6.07) is 7.12. The number of aliphatic hydroxyl groups excluding tert-OH is 1. The Morgan fingerprint density at radius 3 is 2.39 bits per heavy atom. The first-order valence-electron chi connectivity index (χ1n) is 10.1. The van der Waals surface area contributed by atoms with Crippen LogP contribution in [0.1, 0.15) is 20.3 Å². The molecular weight excluding hydrogens is 402 g/mol. The predicted octanol–water partition coefficient (Wildman–Crippen LogP) is 1.09. The number of nitrogens with one attached hydrogen (secondary N) is 1. The third kappa shape index (κ3) is 4.58. The van der Waals surface area contributed by atoms with Crippen LogP contribution in [0, 0.1) is 0 Å². The number of ether oxygens (including phenoxy) is 2. The van der Waals surface area contributed by atoms with Crippen LogP contribution in [0.3, 0.4) is 0 Å². The van der Waals surface area contributed by atoms with Gasteiger partial charge in [-0.2, -0.15) is 4.98 Å². The Hall–Kier alpha value is -3.27. The molecule has 0 radical (unpaired) electrons. The molecule has 3 aromatic rings. The van der Waals surface area contributed by atoms with Gasteiger partial charge in [-0.1, -0.05) is 6.92 Å². The molecule has 0 aliphatic heterocycles. The molecule has 0 bridgehead atoms. The van der Waals surface area contributed by atoms with Crippen LogP contribution in [-0.2, 0) is 20.6 Å². The van der Waals surface area contributed by atoms with E-state index >= 15 is 0 Å². The van der Waals surface area contributed by atoms with Gasteiger partial charge in [0.1, 0.15) is 24.2 Å². The number of aliphatic hydroxyl groups is 1. The smallest absolute Gasteiger partial charge is 0.332 e. The molecule has 168 valence electrons. The molecule has 0 aliphatic rings. The molecule has 0 saturated heterocycles. The molecule has 0 unspecified atom stereocenters. The van der Waals surface area contributed by atoms with Crippen LogP contribution in [0.2, 0.25) is 0 Å². The van der Waals surface area contributed by atoms with Crippen molar-refractivity contribution in [2.45, 2.75) is 39.0 Å². The molecule has 1 aromatic carbocycles. The minimum Gasteiger partial charge on any atom is -0.497 e. The molecular formula is C21H29N5O5. The number of imidazole rings is 1. The van der Waals surface area contributed by atoms with E-state index < -0.39 is 17.4 Å². The largest absolute Gasteiger partial charge is 0.497 e. The summed E-state index contributed by atoms with van der Waals surface area (Å²) in [5.41, 5.74) is -0.409. The van der Waals surface area contributed by atoms with Gasteiger partial charge in [0.2, 0.25) is 5.95 Å². The van der Waals surface area contributed by atoms with E-state index in [1.54, 1.807) is 43.0 Å². The van der Waals surface area contributed by atoms with Crippen LogP contribution in [0.5, 0.6) is 11.5 Å². The van der Waals surface area contributed by atoms with Crippen molar-refractivity contribution in [2.75, 3.05) is 19.0 Å². The van der Waals surface area contributed by atoms with E-state index in [4.69, 9.17) is 9.47 Å². The van der Waals surface area contributed by atoms with E-state index in [1.165, 1.54) is 11.6 Å². The van der Waals surface area contributed by atoms with Gasteiger partial charge in [-0.25, -0.2) is 4.79 Å². The third-order valence-electron chi connectivity index (χ3n) is 5.23. The lowest BCUT2D eigenvalue weighted by Gasteiger charge is -2.18. The molecule has 2 atom stereocenters. The highest BCUT2D eigenvalue weighted by molar-refractivity contribution is 5.74. The normalized spacial score (nSPS) is 13.2. The van der Waals surface area contributed by atoms with Crippen LogP contribution in [0.15, 0.2) is 33.9 Å². The Labute approximate surface area is 179 Å². The Kier molecular flexibility index (Phi) is 6.69. The standard InChI is InChI=1S/C21H29N5O5/c1-6-13(2)22-20-23-18-17(19(28)25(4)21(29)24(18)3)26(20)11-14(27)12-31-16-9-7-15(30-5)8-10-16/h7-10,13-14,27H,6,11-12H2,1-5H3,(H,22,23)/t13-,14+/m0/s1. The van der Waals surface area contributed by atoms with Gasteiger partial charge in [-0.05, 0) is 37.6 Å². The van der Waals surface area contributed by atoms with Crippen LogP contribution in [0.25, 0.3) is 11.2 Å². The number of hydrogen-bond donors (Lipinski definition) is 2. The number of aryl methyl sites for hydroxylation is 1. The van der Waals surface area contributed by atoms with Crippen molar-refractivity contribution >= 4 is 17.1 Å². The van der Waals surface area contributed by atoms with Gasteiger partial charge in [0.15, 0.2) is 11.2 Å². The van der Waals surface area contributed by atoms with Crippen molar-refractivity contribution in [1.29, 1.82) is 0 Å². The summed E-state index contributed by atoms with van der Waals surface area (Å²) in [4.78, 5) is 29.6. The van der Waals surface area contributed by atoms with Crippen molar-refractivity contribution in [3.05, 3.63) is 45.1 Å². The predicted molar refractivity (Wildman–Crippen MR) is 118 cm³/mol. The van der Waals surface area contributed by atoms with E-state index in [9.17, 15) is 14.7 Å². The number of anilines is 1. The summed E-state index contributed by atoms with van der Waals surface area (Å²) in [6.45, 7) is 4.10. The SMILES string of the molecule is CC[C@H](C)Nc1nc2c(c(=O)n(C)c(=O)n2C)n1C[C@@H](O)COc1ccc(OC)cc1. The minimum absolute atomic E-state index is 0.0147. The average Bonchev–Trinajstić information content (AvgIpc) is 3.12. The van der Waals surface area contributed by atoms with Gasteiger partial charge >= 0.3 is 5.69 Å². The molecule has 0 aliphatic carbocycles. The molecule has 3 rings (SSSR count). The second-order valence-corrected chi connectivity index (χ2v) is 7.52. The zero-order valence-corrected chi connectivity index (χ0v) is 18.5. The van der Waals surface area contributed by atoms with Gasteiger partial charge in [-0.3, -0.25) is 13.9 Å². The Morgan fingerprint density at radius 1 is 1.13 bits per heavy atom. The van der Waals surface area contributed by atoms with Crippen molar-refractivity contribution in [3.63, 3.8) is 0 Å². The number of hydrogen-bond acceptors (Lipinski definition) is 7. The monoisotopic (exact) mass is 431 g/mol. The Balaban J connectivity index is 1.91. The van der Waals surface area contributed by atoms with Gasteiger partial charge in [0.05, 0.1) is 13.7 Å². The summed E-state index contributed by atoms with van der Waals surface area (Å²) in [5, 5.41) is 13.9. The summed E-state index contributed by atoms with van der Waals surface area (Å²) in [7, 11) is 4.57. The minimum atomic E-state index is -0.918. The van der Waals surface area contributed by atoms with Crippen LogP contribution in [-0.4, -0.2) is 49.7 Å². The van der Waals surface area contributed by atoms with Crippen molar-refractivity contribution in [2.24, 2.45) is 14.1 Å². The molecule has 2 N–H and O–H groups in total. The molecule has 2 heterocycles. The van der Waals surface area contributed by atoms with Crippen molar-refractivity contribution < 1.29 is 14.6 Å². The average molecular weight is 431 g/mol. The zero-order chi connectivity index (χ0) is 22.7. The fourth-order valence-corrected chi connectivity index (χ4v) is 3.18. The highest BCUT2D eigenvalue weighted by Gasteiger charge is 2.22. The van der Waals surface area contributed by atoms with Gasteiger partial charge in [0.25, 0.3) is 5.56 Å². The van der Waals surface area contributed by atoms with E-state index in [2.05, 4.69) is 10.3 Å². The molecule has 0 saturated carbocycles. The lowest BCUT2D eigenvalue weighted by molar-refractivity contribution is 0.0937. The summed E-state index contributed by atoms with van der Waals surface area (Å²) in [6.07, 6.45) is -0.0811. The highest BCUT2D eigenvalue weighted by Crippen LogP contribution is 2.19. The topological polar surface area (TPSA) is 113 Å². The second-order valence-electron chi connectivity index (χ2n) is 7.52. The quantitative estimate of drug-likeness (QED) is 0.522. The number of fused-ring (bicyclic) bond motifs is 1. The van der Waals surface area contributed by atoms with Gasteiger partial charge in [-0.15, -0.1) is 0 Å². The number of methoxy groups -OCH3 is 1.